The number of primary amides is 1. The van der Waals surface area contributed by atoms with Crippen LogP contribution >= 0.6 is 0 Å². The first kappa shape index (κ1) is 52.9. The highest BCUT2D eigenvalue weighted by atomic mass is 16.4. The summed E-state index contributed by atoms with van der Waals surface area (Å²) in [4.78, 5) is 120. The number of likely N-dealkylation sites (tertiary alicyclic amines) is 1. The quantitative estimate of drug-likeness (QED) is 0.0233. The number of nitrogens with zero attached hydrogens (tertiary/aromatic N) is 3. The Kier molecular flexibility index (Phi) is 19.6. The summed E-state index contributed by atoms with van der Waals surface area (Å²) in [5, 5.41) is 42.3. The van der Waals surface area contributed by atoms with Gasteiger partial charge in [-0.3, -0.25) is 43.3 Å². The summed E-state index contributed by atoms with van der Waals surface area (Å²) in [5.41, 5.74) is 23.6. The Labute approximate surface area is 391 Å². The molecule has 7 amide bonds. The molecule has 368 valence electrons. The fraction of sp³-hybridized carbons (Fsp3) is 0.455. The second-order valence-electron chi connectivity index (χ2n) is 16.7. The molecule has 0 spiro atoms. The van der Waals surface area contributed by atoms with Crippen molar-refractivity contribution in [1.82, 2.24) is 41.5 Å². The van der Waals surface area contributed by atoms with Crippen LogP contribution in [0.25, 0.3) is 0 Å². The molecule has 2 heterocycles. The predicted molar refractivity (Wildman–Crippen MR) is 244 cm³/mol. The number of amides is 7. The van der Waals surface area contributed by atoms with Gasteiger partial charge in [-0.1, -0.05) is 38.1 Å². The van der Waals surface area contributed by atoms with Gasteiger partial charge >= 0.3 is 5.97 Å². The molecule has 24 nitrogen and oxygen atoms in total. The number of rotatable bonds is 25. The molecule has 1 aliphatic rings. The molecule has 1 aliphatic heterocycles. The van der Waals surface area contributed by atoms with Crippen LogP contribution in [-0.2, 0) is 57.6 Å². The van der Waals surface area contributed by atoms with Crippen LogP contribution in [-0.4, -0.2) is 139 Å². The molecule has 1 fully saturated rings. The number of aromatic amines is 1. The zero-order valence-corrected chi connectivity index (χ0v) is 37.7. The van der Waals surface area contributed by atoms with Gasteiger partial charge < -0.3 is 74.7 Å². The highest BCUT2D eigenvalue weighted by molar-refractivity contribution is 5.98. The van der Waals surface area contributed by atoms with Gasteiger partial charge in [0.1, 0.15) is 47.8 Å². The Morgan fingerprint density at radius 3 is 1.78 bits per heavy atom. The van der Waals surface area contributed by atoms with Crippen LogP contribution in [0.3, 0.4) is 0 Å². The lowest BCUT2D eigenvalue weighted by atomic mass is 9.99. The number of H-pyrrole nitrogens is 1. The maximum absolute atomic E-state index is 14.5. The summed E-state index contributed by atoms with van der Waals surface area (Å²) < 4.78 is 0. The van der Waals surface area contributed by atoms with Crippen LogP contribution in [0.1, 0.15) is 62.8 Å². The molecule has 4 rings (SSSR count). The topological polar surface area (TPSA) is 406 Å². The molecule has 17 N–H and O–H groups in total. The number of aromatic hydroxyl groups is 2. The molecule has 2 aromatic carbocycles. The van der Waals surface area contributed by atoms with Crippen LogP contribution in [0.15, 0.2) is 66.0 Å². The Balaban J connectivity index is 1.64. The molecule has 68 heavy (non-hydrogen) atoms. The van der Waals surface area contributed by atoms with E-state index < -0.39 is 102 Å². The third-order valence-corrected chi connectivity index (χ3v) is 11.0. The largest absolute Gasteiger partial charge is 0.508 e. The first-order chi connectivity index (χ1) is 32.2. The molecule has 7 atom stereocenters. The third-order valence-electron chi connectivity index (χ3n) is 11.0. The fourth-order valence-electron chi connectivity index (χ4n) is 7.42. The number of hydrogen-bond acceptors (Lipinski definition) is 13. The molecular formula is C44H61N13O11. The molecule has 1 saturated heterocycles. The Hall–Kier alpha value is -7.76. The average Bonchev–Trinajstić information content (AvgIpc) is 4.00. The summed E-state index contributed by atoms with van der Waals surface area (Å²) in [6, 6.07) is 2.35. The molecule has 0 unspecified atom stereocenters. The summed E-state index contributed by atoms with van der Waals surface area (Å²) in [7, 11) is 0. The van der Waals surface area contributed by atoms with Gasteiger partial charge in [0.05, 0.1) is 18.8 Å². The Bertz CT molecular complexity index is 2250. The number of nitrogens with one attached hydrogen (secondary N) is 6. The van der Waals surface area contributed by atoms with Crippen molar-refractivity contribution < 1.29 is 53.7 Å². The number of aliphatic carboxylic acids is 1. The lowest BCUT2D eigenvalue weighted by molar-refractivity contribution is -0.141. The van der Waals surface area contributed by atoms with Crippen molar-refractivity contribution in [2.24, 2.45) is 33.8 Å². The van der Waals surface area contributed by atoms with Gasteiger partial charge in [-0.15, -0.1) is 0 Å². The van der Waals surface area contributed by atoms with Gasteiger partial charge in [-0.2, -0.15) is 0 Å². The summed E-state index contributed by atoms with van der Waals surface area (Å²) >= 11 is 0. The number of carboxylic acids is 1. The maximum Gasteiger partial charge on any atom is 0.305 e. The molecule has 0 saturated carbocycles. The molecule has 0 aliphatic carbocycles. The number of imidazole rings is 1. The van der Waals surface area contributed by atoms with Gasteiger partial charge in [0.25, 0.3) is 0 Å². The maximum atomic E-state index is 14.5. The third kappa shape index (κ3) is 16.3. The van der Waals surface area contributed by atoms with Crippen molar-refractivity contribution in [3.63, 3.8) is 0 Å². The van der Waals surface area contributed by atoms with E-state index in [2.05, 4.69) is 41.5 Å². The Morgan fingerprint density at radius 2 is 1.28 bits per heavy atom. The van der Waals surface area contributed by atoms with Crippen LogP contribution < -0.4 is 49.5 Å². The SMILES string of the molecule is CC(C)[C@H](NC(=O)[C@H](CCCN=C(N)N)NC(=O)[C@@H](N)CC(=O)O)C(=O)N[C@@H](Cc1ccc(O)cc1)C(=O)N[C@@H](Cc1ccc(O)cc1)C(=O)N[C@@H](Cc1cnc[nH]1)C(=O)N1CCC[C@H]1C(N)=O. The lowest BCUT2D eigenvalue weighted by Gasteiger charge is -2.30. The van der Waals surface area contributed by atoms with E-state index in [9.17, 15) is 48.6 Å². The van der Waals surface area contributed by atoms with Gasteiger partial charge in [0.15, 0.2) is 5.96 Å². The number of carbonyl (C=O) groups is 8. The number of carbonyl (C=O) groups excluding carboxylic acids is 7. The fourth-order valence-corrected chi connectivity index (χ4v) is 7.42. The second-order valence-corrected chi connectivity index (χ2v) is 16.7. The van der Waals surface area contributed by atoms with E-state index >= 15 is 0 Å². The molecule has 0 bridgehead atoms. The van der Waals surface area contributed by atoms with Gasteiger partial charge in [0, 0.05) is 44.2 Å². The standard InChI is InChI=1S/C44H61N13O11/c1-23(2)36(56-39(64)30(5-3-15-50-44(47)48)52-38(63)29(45)20-35(60)61)42(67)54-32(18-25-9-13-28(59)14-10-25)40(65)53-31(17-24-7-11-27(58)12-8-24)41(66)55-33(19-26-21-49-22-51-26)43(68)57-16-4-6-34(57)37(46)62/h7-14,21-23,29-34,36,58-59H,3-6,15-20,45H2,1-2H3,(H2,46,62)(H,49,51)(H,52,63)(H,53,65)(H,54,67)(H,55,66)(H,56,64)(H,60,61)(H4,47,48,50)/t29-,30-,31-,32-,33-,34-,36-/m0/s1. The van der Waals surface area contributed by atoms with E-state index in [-0.39, 0.29) is 62.7 Å². The Morgan fingerprint density at radius 1 is 0.750 bits per heavy atom. The minimum Gasteiger partial charge on any atom is -0.508 e. The van der Waals surface area contributed by atoms with E-state index in [1.54, 1.807) is 13.8 Å². The molecule has 24 heteroatoms. The van der Waals surface area contributed by atoms with Crippen molar-refractivity contribution in [2.45, 2.75) is 108 Å². The number of aromatic nitrogens is 2. The van der Waals surface area contributed by atoms with Crippen molar-refractivity contribution in [3.8, 4) is 11.5 Å². The first-order valence-electron chi connectivity index (χ1n) is 21.9. The number of aliphatic imine (C=N–C) groups is 1. The molecule has 3 aromatic rings. The minimum atomic E-state index is -1.51. The lowest BCUT2D eigenvalue weighted by Crippen LogP contribution is -2.61. The molecule has 1 aromatic heterocycles. The smallest absolute Gasteiger partial charge is 0.305 e. The van der Waals surface area contributed by atoms with Crippen LogP contribution in [0.2, 0.25) is 0 Å². The molecular weight excluding hydrogens is 887 g/mol. The summed E-state index contributed by atoms with van der Waals surface area (Å²) in [6.45, 7) is 3.50. The van der Waals surface area contributed by atoms with E-state index in [1.807, 2.05) is 0 Å². The second kappa shape index (κ2) is 25.2. The zero-order valence-electron chi connectivity index (χ0n) is 37.7. The van der Waals surface area contributed by atoms with Crippen molar-refractivity contribution in [2.75, 3.05) is 13.1 Å². The van der Waals surface area contributed by atoms with E-state index in [0.717, 1.165) is 0 Å². The van der Waals surface area contributed by atoms with Gasteiger partial charge in [-0.05, 0) is 67.0 Å². The number of carboxylic acid groups (broad SMARTS) is 1. The number of guanidine groups is 1. The number of benzene rings is 2. The van der Waals surface area contributed by atoms with Gasteiger partial charge in [0.2, 0.25) is 41.4 Å². The van der Waals surface area contributed by atoms with Crippen molar-refractivity contribution in [1.29, 1.82) is 0 Å². The van der Waals surface area contributed by atoms with Crippen molar-refractivity contribution in [3.05, 3.63) is 77.9 Å². The van der Waals surface area contributed by atoms with Crippen molar-refractivity contribution >= 4 is 53.3 Å². The van der Waals surface area contributed by atoms with Crippen LogP contribution in [0.4, 0.5) is 0 Å². The highest BCUT2D eigenvalue weighted by Gasteiger charge is 2.39. The van der Waals surface area contributed by atoms with E-state index in [4.69, 9.17) is 28.0 Å². The van der Waals surface area contributed by atoms with Gasteiger partial charge in [-0.25, -0.2) is 4.98 Å². The van der Waals surface area contributed by atoms with Crippen LogP contribution in [0, 0.1) is 5.92 Å². The van der Waals surface area contributed by atoms with E-state index in [0.29, 0.717) is 29.7 Å². The highest BCUT2D eigenvalue weighted by Crippen LogP contribution is 2.20. The van der Waals surface area contributed by atoms with E-state index in [1.165, 1.54) is 66.0 Å². The predicted octanol–water partition coefficient (Wildman–Crippen LogP) is -2.74. The van der Waals surface area contributed by atoms with Crippen LogP contribution in [0.5, 0.6) is 11.5 Å². The monoisotopic (exact) mass is 947 g/mol. The zero-order chi connectivity index (χ0) is 50.1. The first-order valence-corrected chi connectivity index (χ1v) is 21.9. The number of hydrogen-bond donors (Lipinski definition) is 13. The molecule has 0 radical (unpaired) electrons. The minimum absolute atomic E-state index is 0.0605. The normalized spacial score (nSPS) is 15.9. The number of phenols is 2. The number of phenolic OH excluding ortho intramolecular Hbond substituents is 2. The summed E-state index contributed by atoms with van der Waals surface area (Å²) in [5.74, 6) is -7.97. The average molecular weight is 948 g/mol. The summed E-state index contributed by atoms with van der Waals surface area (Å²) in [6.07, 6.45) is 2.62. The number of nitrogens with two attached hydrogens (primary N) is 4.